The molecule has 8 nitrogen and oxygen atoms in total. The van der Waals surface area contributed by atoms with Gasteiger partial charge in [-0.2, -0.15) is 0 Å². The Kier molecular flexibility index (Phi) is 7.25. The van der Waals surface area contributed by atoms with E-state index in [-0.39, 0.29) is 11.5 Å². The molecule has 0 saturated heterocycles. The van der Waals surface area contributed by atoms with Crippen LogP contribution in [0.3, 0.4) is 0 Å². The van der Waals surface area contributed by atoms with Gasteiger partial charge in [0.25, 0.3) is 11.5 Å². The van der Waals surface area contributed by atoms with Gasteiger partial charge in [-0.05, 0) is 60.5 Å². The second kappa shape index (κ2) is 10.9. The third-order valence-corrected chi connectivity index (χ3v) is 7.13. The lowest BCUT2D eigenvalue weighted by Crippen LogP contribution is -2.40. The molecule has 0 bridgehead atoms. The number of aromatic nitrogens is 1. The molecular weight excluding hydrogens is 514 g/mol. The van der Waals surface area contributed by atoms with Gasteiger partial charge in [-0.25, -0.2) is 4.99 Å². The van der Waals surface area contributed by atoms with Crippen molar-refractivity contribution in [3.05, 3.63) is 121 Å². The predicted molar refractivity (Wildman–Crippen MR) is 150 cm³/mol. The fraction of sp³-hybridized carbons (Fsp3) is 0.133. The Hall–Kier alpha value is -4.76. The highest BCUT2D eigenvalue weighted by Crippen LogP contribution is 2.32. The number of anilines is 1. The molecule has 39 heavy (non-hydrogen) atoms. The number of para-hydroxylation sites is 1. The van der Waals surface area contributed by atoms with Crippen LogP contribution in [0.15, 0.2) is 99.9 Å². The van der Waals surface area contributed by atoms with Crippen molar-refractivity contribution in [1.82, 2.24) is 4.57 Å². The third kappa shape index (κ3) is 5.44. The molecule has 1 amide bonds. The lowest BCUT2D eigenvalue weighted by molar-refractivity contribution is -0.131. The van der Waals surface area contributed by atoms with Crippen LogP contribution < -0.4 is 29.7 Å². The predicted octanol–water partition coefficient (Wildman–Crippen LogP) is 3.81. The molecular formula is C30H25N3O5S. The number of fused-ring (bicyclic) bond motifs is 1. The van der Waals surface area contributed by atoms with Gasteiger partial charge in [-0.15, -0.1) is 0 Å². The molecule has 1 aliphatic rings. The molecule has 1 aromatic heterocycles. The molecule has 0 spiro atoms. The Morgan fingerprint density at radius 2 is 1.74 bits per heavy atom. The van der Waals surface area contributed by atoms with Crippen LogP contribution in [0.1, 0.15) is 31.0 Å². The number of allylic oxidation sites excluding steroid dienone is 1. The molecule has 0 aliphatic carbocycles. The number of carbonyl (C=O) groups is 2. The Balaban J connectivity index is 1.63. The number of nitrogens with one attached hydrogen (secondary N) is 1. The number of methoxy groups -OCH3 is 1. The van der Waals surface area contributed by atoms with Crippen LogP contribution in [0.4, 0.5) is 5.69 Å². The lowest BCUT2D eigenvalue weighted by atomic mass is 9.95. The maximum atomic E-state index is 13.8. The maximum Gasteiger partial charge on any atom is 0.308 e. The van der Waals surface area contributed by atoms with E-state index >= 15 is 0 Å². The van der Waals surface area contributed by atoms with E-state index in [9.17, 15) is 14.4 Å². The summed E-state index contributed by atoms with van der Waals surface area (Å²) < 4.78 is 12.6. The molecule has 3 aromatic carbocycles. The Labute approximate surface area is 228 Å². The second-order valence-corrected chi connectivity index (χ2v) is 9.85. The van der Waals surface area contributed by atoms with Crippen LogP contribution in [-0.4, -0.2) is 23.6 Å². The van der Waals surface area contributed by atoms with Crippen molar-refractivity contribution in [3.8, 4) is 11.5 Å². The van der Waals surface area contributed by atoms with Gasteiger partial charge >= 0.3 is 5.97 Å². The number of hydrogen-bond donors (Lipinski definition) is 1. The number of rotatable bonds is 6. The highest BCUT2D eigenvalue weighted by atomic mass is 32.1. The van der Waals surface area contributed by atoms with Crippen molar-refractivity contribution in [2.24, 2.45) is 4.99 Å². The highest BCUT2D eigenvalue weighted by Gasteiger charge is 2.32. The molecule has 0 unspecified atom stereocenters. The van der Waals surface area contributed by atoms with Gasteiger partial charge in [0.05, 0.1) is 29.0 Å². The van der Waals surface area contributed by atoms with Crippen molar-refractivity contribution in [2.45, 2.75) is 19.9 Å². The topological polar surface area (TPSA) is 99.0 Å². The van der Waals surface area contributed by atoms with Crippen molar-refractivity contribution in [3.63, 3.8) is 0 Å². The number of ether oxygens (including phenoxy) is 2. The largest absolute Gasteiger partial charge is 0.497 e. The summed E-state index contributed by atoms with van der Waals surface area (Å²) >= 11 is 1.25. The summed E-state index contributed by atoms with van der Waals surface area (Å²) in [5.74, 6) is 0.283. The van der Waals surface area contributed by atoms with E-state index in [0.717, 1.165) is 11.1 Å². The number of thiazole rings is 1. The van der Waals surface area contributed by atoms with Gasteiger partial charge in [0.2, 0.25) is 0 Å². The van der Waals surface area contributed by atoms with Gasteiger partial charge in [0, 0.05) is 12.6 Å². The van der Waals surface area contributed by atoms with E-state index in [4.69, 9.17) is 9.47 Å². The zero-order chi connectivity index (χ0) is 27.5. The summed E-state index contributed by atoms with van der Waals surface area (Å²) in [4.78, 5) is 43.8. The van der Waals surface area contributed by atoms with E-state index < -0.39 is 12.0 Å². The molecule has 0 saturated carbocycles. The van der Waals surface area contributed by atoms with Crippen molar-refractivity contribution < 1.29 is 19.1 Å². The first-order valence-electron chi connectivity index (χ1n) is 12.2. The van der Waals surface area contributed by atoms with Crippen LogP contribution in [-0.2, 0) is 9.59 Å². The van der Waals surface area contributed by atoms with Crippen LogP contribution >= 0.6 is 11.3 Å². The normalized spacial score (nSPS) is 14.8. The van der Waals surface area contributed by atoms with Gasteiger partial charge < -0.3 is 14.8 Å². The number of amides is 1. The standard InChI is InChI=1S/C30H25N3O5S/c1-18-26(28(35)32-22-9-5-4-6-10-22)27(21-8-7-11-24(17-21)37-3)33-29(36)25(39-30(33)31-18)16-20-12-14-23(15-13-20)38-19(2)34/h4-17,27H,1-3H3,(H,32,35)/b25-16-/t27-/m1/s1. The van der Waals surface area contributed by atoms with E-state index in [1.165, 1.54) is 18.3 Å². The minimum absolute atomic E-state index is 0.270. The summed E-state index contributed by atoms with van der Waals surface area (Å²) in [7, 11) is 1.57. The Morgan fingerprint density at radius 3 is 2.44 bits per heavy atom. The first-order chi connectivity index (χ1) is 18.8. The average molecular weight is 540 g/mol. The average Bonchev–Trinajstić information content (AvgIpc) is 3.23. The SMILES string of the molecule is COc1cccc([C@@H]2C(C(=O)Nc3ccccc3)=C(C)N=c3s/c(=C\c4ccc(OC(C)=O)cc4)c(=O)n32)c1. The molecule has 5 rings (SSSR count). The van der Waals surface area contributed by atoms with Crippen LogP contribution in [0, 0.1) is 0 Å². The molecule has 4 aromatic rings. The summed E-state index contributed by atoms with van der Waals surface area (Å²) in [5, 5.41) is 2.94. The molecule has 1 atom stereocenters. The number of nitrogens with zero attached hydrogens (tertiary/aromatic N) is 2. The fourth-order valence-corrected chi connectivity index (χ4v) is 5.45. The zero-order valence-corrected chi connectivity index (χ0v) is 22.3. The van der Waals surface area contributed by atoms with Crippen LogP contribution in [0.2, 0.25) is 0 Å². The Bertz CT molecular complexity index is 1770. The zero-order valence-electron chi connectivity index (χ0n) is 21.5. The molecule has 196 valence electrons. The minimum Gasteiger partial charge on any atom is -0.497 e. The quantitative estimate of drug-likeness (QED) is 0.297. The fourth-order valence-electron chi connectivity index (χ4n) is 4.41. The molecule has 2 heterocycles. The van der Waals surface area contributed by atoms with Crippen molar-refractivity contribution in [2.75, 3.05) is 12.4 Å². The lowest BCUT2D eigenvalue weighted by Gasteiger charge is -2.25. The van der Waals surface area contributed by atoms with Gasteiger partial charge in [0.1, 0.15) is 11.5 Å². The summed E-state index contributed by atoms with van der Waals surface area (Å²) in [5.41, 5.74) is 2.74. The Morgan fingerprint density at radius 1 is 1.00 bits per heavy atom. The second-order valence-electron chi connectivity index (χ2n) is 8.84. The summed E-state index contributed by atoms with van der Waals surface area (Å²) in [6.45, 7) is 3.11. The summed E-state index contributed by atoms with van der Waals surface area (Å²) in [6.07, 6.45) is 1.76. The van der Waals surface area contributed by atoms with E-state index in [1.54, 1.807) is 61.1 Å². The number of carbonyl (C=O) groups excluding carboxylic acids is 2. The molecule has 1 N–H and O–H groups in total. The van der Waals surface area contributed by atoms with Crippen molar-refractivity contribution >= 4 is 35.0 Å². The van der Waals surface area contributed by atoms with E-state index in [2.05, 4.69) is 10.3 Å². The molecule has 1 aliphatic heterocycles. The maximum absolute atomic E-state index is 13.8. The molecule has 0 fully saturated rings. The smallest absolute Gasteiger partial charge is 0.308 e. The third-order valence-electron chi connectivity index (χ3n) is 6.15. The number of hydrogen-bond acceptors (Lipinski definition) is 7. The first-order valence-corrected chi connectivity index (χ1v) is 13.0. The van der Waals surface area contributed by atoms with Crippen molar-refractivity contribution in [1.29, 1.82) is 0 Å². The van der Waals surface area contributed by atoms with E-state index in [0.29, 0.717) is 37.8 Å². The van der Waals surface area contributed by atoms with Gasteiger partial charge in [0.15, 0.2) is 4.80 Å². The van der Waals surface area contributed by atoms with Gasteiger partial charge in [-0.1, -0.05) is 53.8 Å². The van der Waals surface area contributed by atoms with Crippen LogP contribution in [0.25, 0.3) is 6.08 Å². The van der Waals surface area contributed by atoms with Gasteiger partial charge in [-0.3, -0.25) is 19.0 Å². The summed E-state index contributed by atoms with van der Waals surface area (Å²) in [6, 6.07) is 22.6. The number of esters is 1. The monoisotopic (exact) mass is 539 g/mol. The van der Waals surface area contributed by atoms with E-state index in [1.807, 2.05) is 42.5 Å². The number of benzene rings is 3. The minimum atomic E-state index is -0.714. The highest BCUT2D eigenvalue weighted by molar-refractivity contribution is 7.07. The van der Waals surface area contributed by atoms with Crippen LogP contribution in [0.5, 0.6) is 11.5 Å². The molecule has 0 radical (unpaired) electrons. The molecule has 9 heteroatoms. The first kappa shape index (κ1) is 25.9.